The minimum atomic E-state index is -0.209. The van der Waals surface area contributed by atoms with E-state index in [1.54, 1.807) is 0 Å². The molecule has 0 aliphatic heterocycles. The molecule has 1 aromatic rings. The molecule has 0 heterocycles. The molecule has 0 bridgehead atoms. The second kappa shape index (κ2) is 6.37. The van der Waals surface area contributed by atoms with Crippen LogP contribution in [0, 0.1) is 11.9 Å². The Morgan fingerprint density at radius 2 is 1.67 bits per heavy atom. The van der Waals surface area contributed by atoms with Gasteiger partial charge in [0.15, 0.2) is 0 Å². The number of hydrogen-bond acceptors (Lipinski definition) is 0. The summed E-state index contributed by atoms with van der Waals surface area (Å²) in [7, 11) is 0. The van der Waals surface area contributed by atoms with Crippen LogP contribution in [-0.4, -0.2) is 0 Å². The summed E-state index contributed by atoms with van der Waals surface area (Å²) in [6, 6.07) is 8.49. The Balaban J connectivity index is 0. The topological polar surface area (TPSA) is 0 Å². The van der Waals surface area contributed by atoms with Crippen molar-refractivity contribution in [3.8, 4) is 0 Å². The molecule has 0 aliphatic carbocycles. The van der Waals surface area contributed by atoms with Crippen LogP contribution in [0.4, 0.5) is 4.39 Å². The number of benzene rings is 1. The molecule has 0 aromatic heterocycles. The van der Waals surface area contributed by atoms with E-state index >= 15 is 0 Å². The first-order valence-electron chi connectivity index (χ1n) is 2.01. The van der Waals surface area contributed by atoms with E-state index in [1.807, 2.05) is 0 Å². The largest absolute Gasteiger partial charge is 0.236 e. The van der Waals surface area contributed by atoms with Crippen LogP contribution in [0.15, 0.2) is 24.3 Å². The van der Waals surface area contributed by atoms with Crippen LogP contribution in [-0.2, 0) is 19.5 Å². The van der Waals surface area contributed by atoms with Gasteiger partial charge < -0.3 is 0 Å². The summed E-state index contributed by atoms with van der Waals surface area (Å²) < 4.78 is 11.9. The number of halogens is 2. The van der Waals surface area contributed by atoms with Crippen LogP contribution in [0.5, 0.6) is 0 Å². The average Bonchev–Trinajstić information content (AvgIpc) is 1.69. The van der Waals surface area contributed by atoms with Crippen molar-refractivity contribution in [1.82, 2.24) is 0 Å². The first-order valence-corrected chi connectivity index (χ1v) is 2.01. The fraction of sp³-hybridized carbons (Fsp3) is 0. The van der Waals surface area contributed by atoms with Crippen molar-refractivity contribution in [3.05, 3.63) is 36.1 Å². The quantitative estimate of drug-likeness (QED) is 0.482. The van der Waals surface area contributed by atoms with Crippen LogP contribution < -0.4 is 0 Å². The summed E-state index contributed by atoms with van der Waals surface area (Å²) in [5, 5.41) is 0. The summed E-state index contributed by atoms with van der Waals surface area (Å²) >= 11 is 0. The van der Waals surface area contributed by atoms with Gasteiger partial charge >= 0.3 is 0 Å². The monoisotopic (exact) mass is 239 g/mol. The second-order valence-corrected chi connectivity index (χ2v) is 1.22. The molecule has 1 rings (SSSR count). The van der Waals surface area contributed by atoms with Crippen molar-refractivity contribution in [2.24, 2.45) is 0 Å². The number of rotatable bonds is 0. The predicted octanol–water partition coefficient (Wildman–Crippen LogP) is 2.20. The standard InChI is InChI=1S/C6H4F.BrH.Zn/c7-6-4-2-1-3-5-6;;/h2-5H;1H;/q-1;;. The van der Waals surface area contributed by atoms with Crippen LogP contribution >= 0.6 is 17.0 Å². The maximum atomic E-state index is 11.9. The summed E-state index contributed by atoms with van der Waals surface area (Å²) in [6.45, 7) is 0. The van der Waals surface area contributed by atoms with Gasteiger partial charge in [0, 0.05) is 25.3 Å². The molecule has 0 saturated carbocycles. The molecule has 0 fully saturated rings. The Kier molecular flexibility index (Phi) is 8.49. The van der Waals surface area contributed by atoms with E-state index in [2.05, 4.69) is 6.07 Å². The van der Waals surface area contributed by atoms with E-state index < -0.39 is 0 Å². The Hall–Kier alpha value is 0.253. The third-order valence-corrected chi connectivity index (χ3v) is 0.678. The fourth-order valence-electron chi connectivity index (χ4n) is 0.367. The molecule has 0 N–H and O–H groups in total. The molecule has 3 heteroatoms. The maximum Gasteiger partial charge on any atom is 0.0151 e. The van der Waals surface area contributed by atoms with Crippen molar-refractivity contribution in [2.45, 2.75) is 0 Å². The zero-order chi connectivity index (χ0) is 5.11. The Labute approximate surface area is 77.0 Å². The smallest absolute Gasteiger partial charge is 0.0151 e. The van der Waals surface area contributed by atoms with Crippen molar-refractivity contribution >= 4 is 17.0 Å². The van der Waals surface area contributed by atoms with E-state index in [9.17, 15) is 4.39 Å². The predicted molar refractivity (Wildman–Crippen MR) is 35.6 cm³/mol. The summed E-state index contributed by atoms with van der Waals surface area (Å²) in [4.78, 5) is 0. The van der Waals surface area contributed by atoms with Gasteiger partial charge in [-0.25, -0.2) is 4.39 Å². The SMILES string of the molecule is Br.Fc1cc[c-]cc1.[Zn]. The van der Waals surface area contributed by atoms with Gasteiger partial charge in [-0.3, -0.25) is 0 Å². The van der Waals surface area contributed by atoms with E-state index in [0.717, 1.165) is 0 Å². The fourth-order valence-corrected chi connectivity index (χ4v) is 0.367. The molecular weight excluding hydrogens is 236 g/mol. The van der Waals surface area contributed by atoms with Gasteiger partial charge in [0.2, 0.25) is 0 Å². The maximum absolute atomic E-state index is 11.9. The molecule has 0 amide bonds. The average molecular weight is 241 g/mol. The second-order valence-electron chi connectivity index (χ2n) is 1.22. The van der Waals surface area contributed by atoms with Crippen LogP contribution in [0.25, 0.3) is 0 Å². The normalized spacial score (nSPS) is 6.78. The minimum absolute atomic E-state index is 0. The third kappa shape index (κ3) is 4.74. The zero-order valence-corrected chi connectivity index (χ0v) is 9.48. The van der Waals surface area contributed by atoms with Gasteiger partial charge in [0.05, 0.1) is 0 Å². The van der Waals surface area contributed by atoms with Crippen molar-refractivity contribution in [3.63, 3.8) is 0 Å². The van der Waals surface area contributed by atoms with Gasteiger partial charge in [-0.15, -0.1) is 29.1 Å². The molecule has 0 aliphatic rings. The van der Waals surface area contributed by atoms with Crippen molar-refractivity contribution < 1.29 is 23.9 Å². The molecule has 0 unspecified atom stereocenters. The molecular formula is C6H5BrFZn-. The molecule has 46 valence electrons. The first-order chi connectivity index (χ1) is 3.39. The molecule has 0 saturated heterocycles. The summed E-state index contributed by atoms with van der Waals surface area (Å²) in [5.41, 5.74) is 0. The third-order valence-electron chi connectivity index (χ3n) is 0.678. The van der Waals surface area contributed by atoms with Crippen LogP contribution in [0.2, 0.25) is 0 Å². The van der Waals surface area contributed by atoms with Crippen LogP contribution in [0.3, 0.4) is 0 Å². The van der Waals surface area contributed by atoms with Gasteiger partial charge in [-0.1, -0.05) is 0 Å². The zero-order valence-electron chi connectivity index (χ0n) is 4.80. The van der Waals surface area contributed by atoms with E-state index in [1.165, 1.54) is 24.3 Å². The van der Waals surface area contributed by atoms with Gasteiger partial charge in [-0.05, 0) is 0 Å². The Morgan fingerprint density at radius 1 is 1.22 bits per heavy atom. The molecule has 1 aromatic carbocycles. The van der Waals surface area contributed by atoms with Crippen molar-refractivity contribution in [2.75, 3.05) is 0 Å². The van der Waals surface area contributed by atoms with E-state index in [0.29, 0.717) is 0 Å². The molecule has 0 spiro atoms. The summed E-state index contributed by atoms with van der Waals surface area (Å²) in [5.74, 6) is -0.209. The summed E-state index contributed by atoms with van der Waals surface area (Å²) in [6.07, 6.45) is 0. The van der Waals surface area contributed by atoms with E-state index in [4.69, 9.17) is 0 Å². The minimum Gasteiger partial charge on any atom is -0.236 e. The molecule has 0 nitrogen and oxygen atoms in total. The van der Waals surface area contributed by atoms with Gasteiger partial charge in [-0.2, -0.15) is 18.2 Å². The molecule has 0 atom stereocenters. The van der Waals surface area contributed by atoms with Crippen molar-refractivity contribution in [1.29, 1.82) is 0 Å². The van der Waals surface area contributed by atoms with Gasteiger partial charge in [0.25, 0.3) is 0 Å². The first kappa shape index (κ1) is 12.0. The Morgan fingerprint density at radius 3 is 1.89 bits per heavy atom. The molecule has 0 radical (unpaired) electrons. The van der Waals surface area contributed by atoms with Gasteiger partial charge in [0.1, 0.15) is 0 Å². The Bertz CT molecular complexity index is 143. The van der Waals surface area contributed by atoms with Crippen LogP contribution in [0.1, 0.15) is 0 Å². The number of hydrogen-bond donors (Lipinski definition) is 0. The van der Waals surface area contributed by atoms with E-state index in [-0.39, 0.29) is 42.3 Å². The molecule has 9 heavy (non-hydrogen) atoms.